The van der Waals surface area contributed by atoms with Gasteiger partial charge < -0.3 is 22.1 Å². The number of anilines is 2. The molecule has 6 nitrogen and oxygen atoms in total. The van der Waals surface area contributed by atoms with Crippen LogP contribution in [0.2, 0.25) is 0 Å². The highest BCUT2D eigenvalue weighted by Gasteiger charge is 2.25. The maximum absolute atomic E-state index is 11.6. The van der Waals surface area contributed by atoms with Gasteiger partial charge in [0.2, 0.25) is 5.91 Å². The Hall–Kier alpha value is -2.24. The number of primary amides is 1. The second-order valence-electron chi connectivity index (χ2n) is 4.68. The van der Waals surface area contributed by atoms with Crippen molar-refractivity contribution < 1.29 is 9.59 Å². The zero-order valence-corrected chi connectivity index (χ0v) is 10.5. The molecule has 0 heterocycles. The number of nitrogen functional groups attached to an aromatic ring is 1. The molecule has 0 atom stereocenters. The number of amides is 3. The molecule has 0 radical (unpaired) electrons. The number of carbonyl (C=O) groups excluding carboxylic acids is 2. The van der Waals surface area contributed by atoms with Crippen molar-refractivity contribution in [2.24, 2.45) is 11.1 Å². The summed E-state index contributed by atoms with van der Waals surface area (Å²) >= 11 is 0. The Morgan fingerprint density at radius 1 is 1.22 bits per heavy atom. The lowest BCUT2D eigenvalue weighted by Gasteiger charge is -2.20. The quantitative estimate of drug-likeness (QED) is 0.596. The topological polar surface area (TPSA) is 110 Å². The van der Waals surface area contributed by atoms with E-state index in [4.69, 9.17) is 11.5 Å². The summed E-state index contributed by atoms with van der Waals surface area (Å²) < 4.78 is 0. The molecule has 1 aromatic carbocycles. The van der Waals surface area contributed by atoms with Crippen LogP contribution in [0.25, 0.3) is 0 Å². The Balaban J connectivity index is 2.48. The lowest BCUT2D eigenvalue weighted by Crippen LogP contribution is -2.43. The van der Waals surface area contributed by atoms with Crippen LogP contribution in [0.1, 0.15) is 13.8 Å². The number of carbonyl (C=O) groups is 2. The molecular formula is C12H18N4O2. The van der Waals surface area contributed by atoms with E-state index in [-0.39, 0.29) is 6.54 Å². The third-order valence-corrected chi connectivity index (χ3v) is 2.53. The molecule has 6 heteroatoms. The van der Waals surface area contributed by atoms with Crippen molar-refractivity contribution in [2.75, 3.05) is 17.6 Å². The van der Waals surface area contributed by atoms with Crippen molar-refractivity contribution in [1.29, 1.82) is 0 Å². The molecular weight excluding hydrogens is 232 g/mol. The Morgan fingerprint density at radius 3 is 2.28 bits per heavy atom. The lowest BCUT2D eigenvalue weighted by atomic mass is 9.93. The van der Waals surface area contributed by atoms with Gasteiger partial charge in [0.1, 0.15) is 0 Å². The van der Waals surface area contributed by atoms with Gasteiger partial charge in [-0.15, -0.1) is 0 Å². The smallest absolute Gasteiger partial charge is 0.319 e. The van der Waals surface area contributed by atoms with Crippen molar-refractivity contribution in [1.82, 2.24) is 5.32 Å². The Morgan fingerprint density at radius 2 is 1.78 bits per heavy atom. The normalized spacial score (nSPS) is 10.8. The van der Waals surface area contributed by atoms with Gasteiger partial charge >= 0.3 is 6.03 Å². The number of nitrogens with one attached hydrogen (secondary N) is 2. The number of urea groups is 1. The van der Waals surface area contributed by atoms with Gasteiger partial charge in [-0.2, -0.15) is 0 Å². The van der Waals surface area contributed by atoms with E-state index in [1.54, 1.807) is 38.1 Å². The van der Waals surface area contributed by atoms with E-state index < -0.39 is 17.4 Å². The third kappa shape index (κ3) is 3.97. The Labute approximate surface area is 106 Å². The molecule has 0 bridgehead atoms. The largest absolute Gasteiger partial charge is 0.399 e. The molecule has 0 saturated carbocycles. The van der Waals surface area contributed by atoms with Crippen molar-refractivity contribution in [3.63, 3.8) is 0 Å². The maximum Gasteiger partial charge on any atom is 0.319 e. The first-order chi connectivity index (χ1) is 8.31. The summed E-state index contributed by atoms with van der Waals surface area (Å²) in [4.78, 5) is 22.6. The molecule has 0 aliphatic carbocycles. The van der Waals surface area contributed by atoms with Crippen LogP contribution in [0.4, 0.5) is 16.2 Å². The highest BCUT2D eigenvalue weighted by Crippen LogP contribution is 2.13. The van der Waals surface area contributed by atoms with E-state index in [2.05, 4.69) is 10.6 Å². The van der Waals surface area contributed by atoms with E-state index in [0.29, 0.717) is 11.4 Å². The molecule has 1 aromatic rings. The molecule has 18 heavy (non-hydrogen) atoms. The van der Waals surface area contributed by atoms with Crippen LogP contribution in [0.15, 0.2) is 24.3 Å². The number of rotatable bonds is 4. The summed E-state index contributed by atoms with van der Waals surface area (Å²) in [5.41, 5.74) is 11.2. The van der Waals surface area contributed by atoms with E-state index in [0.717, 1.165) is 0 Å². The molecule has 0 aliphatic rings. The number of hydrogen-bond donors (Lipinski definition) is 4. The highest BCUT2D eigenvalue weighted by molar-refractivity contribution is 5.90. The van der Waals surface area contributed by atoms with Gasteiger partial charge in [0, 0.05) is 17.9 Å². The molecule has 1 rings (SSSR count). The van der Waals surface area contributed by atoms with Crippen LogP contribution in [-0.2, 0) is 4.79 Å². The van der Waals surface area contributed by atoms with Gasteiger partial charge in [-0.25, -0.2) is 4.79 Å². The average Bonchev–Trinajstić information content (AvgIpc) is 2.29. The van der Waals surface area contributed by atoms with E-state index in [1.165, 1.54) is 0 Å². The van der Waals surface area contributed by atoms with Gasteiger partial charge in [-0.3, -0.25) is 4.79 Å². The van der Waals surface area contributed by atoms with Crippen LogP contribution < -0.4 is 22.1 Å². The van der Waals surface area contributed by atoms with Crippen LogP contribution in [0.5, 0.6) is 0 Å². The van der Waals surface area contributed by atoms with Gasteiger partial charge in [-0.05, 0) is 38.1 Å². The van der Waals surface area contributed by atoms with Crippen LogP contribution in [0.3, 0.4) is 0 Å². The molecule has 98 valence electrons. The first kappa shape index (κ1) is 13.8. The summed E-state index contributed by atoms with van der Waals surface area (Å²) in [6.45, 7) is 3.50. The molecule has 0 aliphatic heterocycles. The summed E-state index contributed by atoms with van der Waals surface area (Å²) in [6.07, 6.45) is 0. The SMILES string of the molecule is CC(C)(CNC(=O)Nc1ccc(N)cc1)C(N)=O. The van der Waals surface area contributed by atoms with Crippen LogP contribution in [0, 0.1) is 5.41 Å². The zero-order chi connectivity index (χ0) is 13.8. The fourth-order valence-corrected chi connectivity index (χ4v) is 1.13. The van der Waals surface area contributed by atoms with Crippen molar-refractivity contribution in [3.8, 4) is 0 Å². The first-order valence-corrected chi connectivity index (χ1v) is 5.51. The minimum atomic E-state index is -0.779. The molecule has 0 aromatic heterocycles. The van der Waals surface area contributed by atoms with Crippen LogP contribution >= 0.6 is 0 Å². The number of nitrogens with two attached hydrogens (primary N) is 2. The molecule has 0 spiro atoms. The average molecular weight is 250 g/mol. The van der Waals surface area contributed by atoms with Gasteiger partial charge in [0.05, 0.1) is 5.41 Å². The summed E-state index contributed by atoms with van der Waals surface area (Å²) in [6, 6.07) is 6.35. The molecule has 0 fully saturated rings. The zero-order valence-electron chi connectivity index (χ0n) is 10.5. The Kier molecular flexibility index (Phi) is 4.14. The molecule has 3 amide bonds. The Bertz CT molecular complexity index is 440. The van der Waals surface area contributed by atoms with Gasteiger partial charge in [0.15, 0.2) is 0 Å². The van der Waals surface area contributed by atoms with Crippen molar-refractivity contribution >= 4 is 23.3 Å². The fourth-order valence-electron chi connectivity index (χ4n) is 1.13. The first-order valence-electron chi connectivity index (χ1n) is 5.51. The van der Waals surface area contributed by atoms with Crippen LogP contribution in [-0.4, -0.2) is 18.5 Å². The molecule has 0 unspecified atom stereocenters. The summed E-state index contributed by atoms with van der Waals surface area (Å²) in [7, 11) is 0. The molecule has 6 N–H and O–H groups in total. The van der Waals surface area contributed by atoms with Crippen molar-refractivity contribution in [2.45, 2.75) is 13.8 Å². The monoisotopic (exact) mass is 250 g/mol. The van der Waals surface area contributed by atoms with Gasteiger partial charge in [-0.1, -0.05) is 0 Å². The molecule has 0 saturated heterocycles. The second kappa shape index (κ2) is 5.39. The number of benzene rings is 1. The predicted octanol–water partition coefficient (Wildman–Crippen LogP) is 0.902. The lowest BCUT2D eigenvalue weighted by molar-refractivity contribution is -0.125. The second-order valence-corrected chi connectivity index (χ2v) is 4.68. The summed E-state index contributed by atoms with van der Waals surface area (Å²) in [5.74, 6) is -0.463. The predicted molar refractivity (Wildman–Crippen MR) is 70.9 cm³/mol. The maximum atomic E-state index is 11.6. The van der Waals surface area contributed by atoms with E-state index >= 15 is 0 Å². The van der Waals surface area contributed by atoms with E-state index in [9.17, 15) is 9.59 Å². The number of hydrogen-bond acceptors (Lipinski definition) is 3. The minimum absolute atomic E-state index is 0.170. The third-order valence-electron chi connectivity index (χ3n) is 2.53. The summed E-state index contributed by atoms with van der Waals surface area (Å²) in [5, 5.41) is 5.21. The van der Waals surface area contributed by atoms with Crippen molar-refractivity contribution in [3.05, 3.63) is 24.3 Å². The highest BCUT2D eigenvalue weighted by atomic mass is 16.2. The standard InChI is InChI=1S/C12H18N4O2/c1-12(2,10(14)17)7-15-11(18)16-9-5-3-8(13)4-6-9/h3-6H,7,13H2,1-2H3,(H2,14,17)(H2,15,16,18). The minimum Gasteiger partial charge on any atom is -0.399 e. The van der Waals surface area contributed by atoms with E-state index in [1.807, 2.05) is 0 Å². The van der Waals surface area contributed by atoms with Gasteiger partial charge in [0.25, 0.3) is 0 Å². The fraction of sp³-hybridized carbons (Fsp3) is 0.333.